The van der Waals surface area contributed by atoms with Gasteiger partial charge in [-0.25, -0.2) is 9.37 Å². The van der Waals surface area contributed by atoms with E-state index in [1.165, 1.54) is 17.8 Å². The Kier molecular flexibility index (Phi) is 4.63. The van der Waals surface area contributed by atoms with Crippen molar-refractivity contribution < 1.29 is 9.18 Å². The molecular weight excluding hydrogens is 363 g/mol. The average molecular weight is 384 g/mol. The Bertz CT molecular complexity index is 1020. The van der Waals surface area contributed by atoms with Gasteiger partial charge in [-0.15, -0.1) is 5.10 Å². The predicted molar refractivity (Wildman–Crippen MR) is 103 cm³/mol. The standard InChI is InChI=1S/C20H21FN4OS/c1-11-4-7-15(9-17(11)21)25-12(2)8-16(13(25)3)18(26)10-27-20-22-19(23-24-20)14-5-6-14/h4,7-9,14H,5-6,10H2,1-3H3,(H,22,23,24). The number of nitrogens with one attached hydrogen (secondary N) is 1. The maximum atomic E-state index is 14.0. The highest BCUT2D eigenvalue weighted by molar-refractivity contribution is 7.99. The third-order valence-corrected chi connectivity index (χ3v) is 5.77. The summed E-state index contributed by atoms with van der Waals surface area (Å²) in [5, 5.41) is 7.75. The van der Waals surface area contributed by atoms with Gasteiger partial charge in [-0.1, -0.05) is 17.8 Å². The molecule has 0 unspecified atom stereocenters. The van der Waals surface area contributed by atoms with Crippen molar-refractivity contribution in [1.29, 1.82) is 0 Å². The Morgan fingerprint density at radius 1 is 1.30 bits per heavy atom. The van der Waals surface area contributed by atoms with Crippen molar-refractivity contribution in [2.24, 2.45) is 0 Å². The summed E-state index contributed by atoms with van der Waals surface area (Å²) < 4.78 is 15.9. The molecule has 0 amide bonds. The zero-order valence-corrected chi connectivity index (χ0v) is 16.4. The number of nitrogens with zero attached hydrogens (tertiary/aromatic N) is 3. The molecule has 1 aromatic carbocycles. The van der Waals surface area contributed by atoms with Gasteiger partial charge >= 0.3 is 0 Å². The molecule has 1 saturated carbocycles. The highest BCUT2D eigenvalue weighted by Crippen LogP contribution is 2.38. The first-order chi connectivity index (χ1) is 12.9. The summed E-state index contributed by atoms with van der Waals surface area (Å²) >= 11 is 1.34. The van der Waals surface area contributed by atoms with Crippen LogP contribution >= 0.6 is 11.8 Å². The first-order valence-electron chi connectivity index (χ1n) is 8.98. The number of thioether (sulfide) groups is 1. The molecule has 1 fully saturated rings. The van der Waals surface area contributed by atoms with Crippen LogP contribution in [0.15, 0.2) is 29.4 Å². The first kappa shape index (κ1) is 18.0. The minimum absolute atomic E-state index is 0.0182. The summed E-state index contributed by atoms with van der Waals surface area (Å²) in [5.74, 6) is 1.47. The van der Waals surface area contributed by atoms with E-state index < -0.39 is 0 Å². The van der Waals surface area contributed by atoms with Crippen LogP contribution < -0.4 is 0 Å². The van der Waals surface area contributed by atoms with Crippen molar-refractivity contribution in [2.75, 3.05) is 5.75 Å². The lowest BCUT2D eigenvalue weighted by Gasteiger charge is -2.11. The number of carbonyl (C=O) groups excluding carboxylic acids is 1. The van der Waals surface area contributed by atoms with E-state index in [4.69, 9.17) is 0 Å². The molecule has 5 nitrogen and oxygen atoms in total. The number of ketones is 1. The normalized spacial score (nSPS) is 13.9. The van der Waals surface area contributed by atoms with E-state index in [2.05, 4.69) is 15.2 Å². The molecule has 0 aliphatic heterocycles. The van der Waals surface area contributed by atoms with E-state index >= 15 is 0 Å². The third kappa shape index (κ3) is 3.56. The number of H-pyrrole nitrogens is 1. The summed E-state index contributed by atoms with van der Waals surface area (Å²) in [4.78, 5) is 17.2. The van der Waals surface area contributed by atoms with Crippen molar-refractivity contribution in [3.63, 3.8) is 0 Å². The molecular formula is C20H21FN4OS. The van der Waals surface area contributed by atoms with E-state index in [1.807, 2.05) is 30.5 Å². The Labute approximate surface area is 161 Å². The second-order valence-corrected chi connectivity index (χ2v) is 7.99. The fourth-order valence-electron chi connectivity index (χ4n) is 3.23. The Morgan fingerprint density at radius 2 is 2.07 bits per heavy atom. The number of benzene rings is 1. The summed E-state index contributed by atoms with van der Waals surface area (Å²) in [6.07, 6.45) is 2.31. The first-order valence-corrected chi connectivity index (χ1v) is 9.96. The Morgan fingerprint density at radius 3 is 2.78 bits per heavy atom. The fraction of sp³-hybridized carbons (Fsp3) is 0.350. The monoisotopic (exact) mass is 384 g/mol. The quantitative estimate of drug-likeness (QED) is 0.502. The molecule has 0 bridgehead atoms. The van der Waals surface area contributed by atoms with Gasteiger partial charge in [0.2, 0.25) is 5.16 Å². The van der Waals surface area contributed by atoms with E-state index in [0.29, 0.717) is 22.2 Å². The molecule has 4 rings (SSSR count). The fourth-order valence-corrected chi connectivity index (χ4v) is 3.92. The second-order valence-electron chi connectivity index (χ2n) is 7.04. The highest BCUT2D eigenvalue weighted by atomic mass is 32.2. The van der Waals surface area contributed by atoms with Gasteiger partial charge in [-0.2, -0.15) is 0 Å². The van der Waals surface area contributed by atoms with Crippen LogP contribution in [-0.2, 0) is 0 Å². The number of hydrogen-bond donors (Lipinski definition) is 1. The number of halogens is 1. The van der Waals surface area contributed by atoms with Gasteiger partial charge in [0, 0.05) is 28.6 Å². The van der Waals surface area contributed by atoms with Crippen LogP contribution in [0.2, 0.25) is 0 Å². The number of carbonyl (C=O) groups is 1. The number of aryl methyl sites for hydroxylation is 2. The molecule has 1 aliphatic carbocycles. The molecule has 0 atom stereocenters. The summed E-state index contributed by atoms with van der Waals surface area (Å²) in [7, 11) is 0. The predicted octanol–water partition coefficient (Wildman–Crippen LogP) is 4.51. The van der Waals surface area contributed by atoms with Crippen LogP contribution in [0.3, 0.4) is 0 Å². The van der Waals surface area contributed by atoms with Crippen molar-refractivity contribution in [3.8, 4) is 5.69 Å². The maximum Gasteiger partial charge on any atom is 0.208 e. The summed E-state index contributed by atoms with van der Waals surface area (Å²) in [6.45, 7) is 5.55. The largest absolute Gasteiger partial charge is 0.318 e. The van der Waals surface area contributed by atoms with Crippen LogP contribution in [0.25, 0.3) is 5.69 Å². The Hall–Kier alpha value is -2.41. The van der Waals surface area contributed by atoms with Gasteiger partial charge in [0.1, 0.15) is 11.6 Å². The maximum absolute atomic E-state index is 14.0. The van der Waals surface area contributed by atoms with Gasteiger partial charge in [0.25, 0.3) is 0 Å². The van der Waals surface area contributed by atoms with Crippen LogP contribution in [0.5, 0.6) is 0 Å². The number of hydrogen-bond acceptors (Lipinski definition) is 4. The van der Waals surface area contributed by atoms with Crippen molar-refractivity contribution >= 4 is 17.5 Å². The van der Waals surface area contributed by atoms with Gasteiger partial charge in [0.15, 0.2) is 5.78 Å². The Balaban J connectivity index is 1.52. The zero-order chi connectivity index (χ0) is 19.1. The molecule has 7 heteroatoms. The van der Waals surface area contributed by atoms with Crippen molar-refractivity contribution in [1.82, 2.24) is 19.7 Å². The van der Waals surface area contributed by atoms with Crippen LogP contribution in [-0.4, -0.2) is 31.3 Å². The van der Waals surface area contributed by atoms with E-state index in [-0.39, 0.29) is 17.4 Å². The molecule has 27 heavy (non-hydrogen) atoms. The van der Waals surface area contributed by atoms with Crippen LogP contribution in [0.1, 0.15) is 51.9 Å². The van der Waals surface area contributed by atoms with E-state index in [9.17, 15) is 9.18 Å². The number of rotatable bonds is 6. The van der Waals surface area contributed by atoms with Gasteiger partial charge < -0.3 is 4.57 Å². The third-order valence-electron chi connectivity index (χ3n) is 4.92. The van der Waals surface area contributed by atoms with Gasteiger partial charge in [-0.05, 0) is 57.4 Å². The molecule has 2 aromatic heterocycles. The number of aromatic nitrogens is 4. The molecule has 140 valence electrons. The molecule has 0 radical (unpaired) electrons. The molecule has 0 saturated heterocycles. The summed E-state index contributed by atoms with van der Waals surface area (Å²) in [6, 6.07) is 6.99. The van der Waals surface area contributed by atoms with Crippen molar-refractivity contribution in [3.05, 3.63) is 58.4 Å². The van der Waals surface area contributed by atoms with Crippen LogP contribution in [0.4, 0.5) is 4.39 Å². The lowest BCUT2D eigenvalue weighted by molar-refractivity contribution is 0.102. The van der Waals surface area contributed by atoms with Crippen molar-refractivity contribution in [2.45, 2.75) is 44.7 Å². The topological polar surface area (TPSA) is 63.6 Å². The van der Waals surface area contributed by atoms with Crippen LogP contribution in [0, 0.1) is 26.6 Å². The SMILES string of the molecule is Cc1ccc(-n2c(C)cc(C(=O)CSc3n[nH]c(C4CC4)n3)c2C)cc1F. The minimum atomic E-state index is -0.250. The average Bonchev–Trinajstić information content (AvgIpc) is 3.31. The smallest absolute Gasteiger partial charge is 0.208 e. The highest BCUT2D eigenvalue weighted by Gasteiger charge is 2.27. The molecule has 1 aliphatic rings. The minimum Gasteiger partial charge on any atom is -0.318 e. The molecule has 2 heterocycles. The van der Waals surface area contributed by atoms with Gasteiger partial charge in [-0.3, -0.25) is 9.89 Å². The summed E-state index contributed by atoms with van der Waals surface area (Å²) in [5.41, 5.74) is 3.70. The zero-order valence-electron chi connectivity index (χ0n) is 15.5. The lowest BCUT2D eigenvalue weighted by Crippen LogP contribution is -2.06. The number of Topliss-reactive ketones (excluding diaryl/α,β-unsaturated/α-hetero) is 1. The second kappa shape index (κ2) is 6.96. The van der Waals surface area contributed by atoms with E-state index in [0.717, 1.165) is 35.7 Å². The number of aromatic amines is 1. The lowest BCUT2D eigenvalue weighted by atomic mass is 10.2. The molecule has 0 spiro atoms. The van der Waals surface area contributed by atoms with E-state index in [1.54, 1.807) is 13.0 Å². The molecule has 3 aromatic rings. The molecule has 1 N–H and O–H groups in total. The van der Waals surface area contributed by atoms with Gasteiger partial charge in [0.05, 0.1) is 5.75 Å².